The number of guanidine groups is 1. The lowest BCUT2D eigenvalue weighted by molar-refractivity contribution is -0.130. The molecule has 4 rings (SSSR count). The third-order valence-corrected chi connectivity index (χ3v) is 6.16. The number of nitriles is 1. The number of amides is 3. The highest BCUT2D eigenvalue weighted by Gasteiger charge is 2.45. The normalized spacial score (nSPS) is 16.6. The predicted octanol–water partition coefficient (Wildman–Crippen LogP) is 3.76. The zero-order valence-corrected chi connectivity index (χ0v) is 20.7. The van der Waals surface area contributed by atoms with E-state index < -0.39 is 5.54 Å². The van der Waals surface area contributed by atoms with Crippen LogP contribution in [0.2, 0.25) is 0 Å². The van der Waals surface area contributed by atoms with Gasteiger partial charge in [0.25, 0.3) is 5.91 Å². The van der Waals surface area contributed by atoms with Crippen molar-refractivity contribution in [2.75, 3.05) is 12.4 Å². The molecule has 0 saturated carbocycles. The molecule has 188 valence electrons. The fourth-order valence-electron chi connectivity index (χ4n) is 4.17. The van der Waals surface area contributed by atoms with Crippen molar-refractivity contribution in [3.8, 4) is 11.8 Å². The first-order valence-electron chi connectivity index (χ1n) is 11.7. The van der Waals surface area contributed by atoms with Crippen molar-refractivity contribution in [2.45, 2.75) is 32.0 Å². The van der Waals surface area contributed by atoms with Gasteiger partial charge in [-0.15, -0.1) is 0 Å². The summed E-state index contributed by atoms with van der Waals surface area (Å²) in [5.41, 5.74) is 2.90. The second-order valence-corrected chi connectivity index (χ2v) is 9.04. The number of carbonyl (C=O) groups is 2. The van der Waals surface area contributed by atoms with E-state index in [1.54, 1.807) is 38.3 Å². The van der Waals surface area contributed by atoms with Crippen LogP contribution >= 0.6 is 0 Å². The van der Waals surface area contributed by atoms with E-state index in [0.717, 1.165) is 22.4 Å². The van der Waals surface area contributed by atoms with Crippen LogP contribution in [0.3, 0.4) is 0 Å². The SMILES string of the molecule is COc1cccc(CC2(C)NC(=N)N(Cc3ccc(CNC(=O)Nc4ccc(C#N)cc4)cc3)C2=O)c1. The van der Waals surface area contributed by atoms with Crippen LogP contribution in [-0.4, -0.2) is 35.4 Å². The van der Waals surface area contributed by atoms with Gasteiger partial charge in [-0.3, -0.25) is 15.1 Å². The van der Waals surface area contributed by atoms with E-state index in [9.17, 15) is 9.59 Å². The number of urea groups is 1. The lowest BCUT2D eigenvalue weighted by Crippen LogP contribution is -2.46. The number of hydrogen-bond acceptors (Lipinski definition) is 5. The molecule has 1 saturated heterocycles. The number of benzene rings is 3. The second kappa shape index (κ2) is 10.8. The van der Waals surface area contributed by atoms with E-state index in [1.165, 1.54) is 4.90 Å². The molecule has 4 N–H and O–H groups in total. The molecule has 1 aliphatic rings. The van der Waals surface area contributed by atoms with Crippen LogP contribution < -0.4 is 20.7 Å². The Balaban J connectivity index is 1.31. The average molecular weight is 497 g/mol. The van der Waals surface area contributed by atoms with Gasteiger partial charge in [0.1, 0.15) is 11.3 Å². The summed E-state index contributed by atoms with van der Waals surface area (Å²) in [5.74, 6) is 0.631. The first-order valence-corrected chi connectivity index (χ1v) is 11.7. The molecule has 0 radical (unpaired) electrons. The van der Waals surface area contributed by atoms with Crippen LogP contribution in [-0.2, 0) is 24.3 Å². The smallest absolute Gasteiger partial charge is 0.319 e. The molecule has 0 aromatic heterocycles. The fourth-order valence-corrected chi connectivity index (χ4v) is 4.17. The summed E-state index contributed by atoms with van der Waals surface area (Å²) in [6, 6.07) is 23.4. The molecular formula is C28H28N6O3. The highest BCUT2D eigenvalue weighted by atomic mass is 16.5. The second-order valence-electron chi connectivity index (χ2n) is 9.04. The van der Waals surface area contributed by atoms with Crippen molar-refractivity contribution in [1.29, 1.82) is 10.7 Å². The Labute approximate surface area is 215 Å². The topological polar surface area (TPSA) is 130 Å². The lowest BCUT2D eigenvalue weighted by Gasteiger charge is -2.22. The summed E-state index contributed by atoms with van der Waals surface area (Å²) in [6.07, 6.45) is 0.428. The van der Waals surface area contributed by atoms with Gasteiger partial charge in [0.2, 0.25) is 0 Å². The molecule has 3 aromatic rings. The highest BCUT2D eigenvalue weighted by Crippen LogP contribution is 2.25. The Kier molecular flexibility index (Phi) is 7.39. The summed E-state index contributed by atoms with van der Waals surface area (Å²) in [6.45, 7) is 2.40. The van der Waals surface area contributed by atoms with Crippen LogP contribution in [0.5, 0.6) is 5.75 Å². The summed E-state index contributed by atoms with van der Waals surface area (Å²) in [5, 5.41) is 25.8. The van der Waals surface area contributed by atoms with Gasteiger partial charge in [0.15, 0.2) is 5.96 Å². The highest BCUT2D eigenvalue weighted by molar-refractivity contribution is 6.07. The Morgan fingerprint density at radius 2 is 1.78 bits per heavy atom. The standard InChI is InChI=1S/C28H28N6O3/c1-28(15-22-4-3-5-24(14-22)37-2)25(35)34(26(30)33-28)18-21-8-6-20(7-9-21)17-31-27(36)32-23-12-10-19(16-29)11-13-23/h3-14H,15,17-18H2,1-2H3,(H2,30,33)(H2,31,32,36). The molecule has 1 atom stereocenters. The van der Waals surface area contributed by atoms with Crippen LogP contribution in [0.4, 0.5) is 10.5 Å². The third-order valence-electron chi connectivity index (χ3n) is 6.16. The van der Waals surface area contributed by atoms with Crippen molar-refractivity contribution in [3.63, 3.8) is 0 Å². The molecule has 3 amide bonds. The van der Waals surface area contributed by atoms with Gasteiger partial charge in [0, 0.05) is 18.7 Å². The van der Waals surface area contributed by atoms with E-state index in [4.69, 9.17) is 15.4 Å². The maximum atomic E-state index is 13.3. The Morgan fingerprint density at radius 1 is 1.08 bits per heavy atom. The van der Waals surface area contributed by atoms with Crippen LogP contribution in [0, 0.1) is 16.7 Å². The maximum absolute atomic E-state index is 13.3. The number of hydrogen-bond donors (Lipinski definition) is 4. The fraction of sp³-hybridized carbons (Fsp3) is 0.214. The maximum Gasteiger partial charge on any atom is 0.319 e. The minimum absolute atomic E-state index is 0.0700. The molecule has 1 fully saturated rings. The number of ether oxygens (including phenoxy) is 1. The first kappa shape index (κ1) is 25.3. The summed E-state index contributed by atoms with van der Waals surface area (Å²) in [4.78, 5) is 26.9. The van der Waals surface area contributed by atoms with Crippen LogP contribution in [0.25, 0.3) is 0 Å². The number of anilines is 1. The largest absolute Gasteiger partial charge is 0.497 e. The first-order chi connectivity index (χ1) is 17.8. The molecule has 1 unspecified atom stereocenters. The van der Waals surface area contributed by atoms with Crippen molar-refractivity contribution in [3.05, 3.63) is 95.1 Å². The summed E-state index contributed by atoms with van der Waals surface area (Å²) < 4.78 is 5.28. The van der Waals surface area contributed by atoms with Gasteiger partial charge < -0.3 is 20.7 Å². The van der Waals surface area contributed by atoms with Gasteiger partial charge in [-0.05, 0) is 60.0 Å². The van der Waals surface area contributed by atoms with E-state index in [-0.39, 0.29) is 24.4 Å². The molecule has 9 heteroatoms. The van der Waals surface area contributed by atoms with Gasteiger partial charge in [0.05, 0.1) is 25.3 Å². The monoisotopic (exact) mass is 496 g/mol. The van der Waals surface area contributed by atoms with Crippen molar-refractivity contribution in [2.24, 2.45) is 0 Å². The third kappa shape index (κ3) is 6.05. The van der Waals surface area contributed by atoms with E-state index in [0.29, 0.717) is 24.2 Å². The summed E-state index contributed by atoms with van der Waals surface area (Å²) in [7, 11) is 1.60. The number of nitrogens with one attached hydrogen (secondary N) is 4. The van der Waals surface area contributed by atoms with Crippen LogP contribution in [0.1, 0.15) is 29.2 Å². The molecule has 3 aromatic carbocycles. The molecule has 0 bridgehead atoms. The van der Waals surface area contributed by atoms with E-state index >= 15 is 0 Å². The van der Waals surface area contributed by atoms with Gasteiger partial charge >= 0.3 is 6.03 Å². The average Bonchev–Trinajstić information content (AvgIpc) is 3.11. The number of methoxy groups -OCH3 is 1. The number of carbonyl (C=O) groups excluding carboxylic acids is 2. The molecule has 1 heterocycles. The minimum atomic E-state index is -0.921. The quantitative estimate of drug-likeness (QED) is 0.377. The van der Waals surface area contributed by atoms with Crippen molar-refractivity contribution < 1.29 is 14.3 Å². The van der Waals surface area contributed by atoms with Gasteiger partial charge in [-0.1, -0.05) is 36.4 Å². The Bertz CT molecular complexity index is 1350. The van der Waals surface area contributed by atoms with E-state index in [2.05, 4.69) is 16.0 Å². The van der Waals surface area contributed by atoms with Gasteiger partial charge in [-0.2, -0.15) is 5.26 Å². The van der Waals surface area contributed by atoms with Crippen molar-refractivity contribution >= 4 is 23.6 Å². The number of nitrogens with zero attached hydrogens (tertiary/aromatic N) is 2. The Hall–Kier alpha value is -4.84. The minimum Gasteiger partial charge on any atom is -0.497 e. The molecule has 1 aliphatic heterocycles. The van der Waals surface area contributed by atoms with Gasteiger partial charge in [-0.25, -0.2) is 4.79 Å². The zero-order chi connectivity index (χ0) is 26.4. The number of rotatable bonds is 8. The molecule has 0 aliphatic carbocycles. The molecular weight excluding hydrogens is 468 g/mol. The lowest BCUT2D eigenvalue weighted by atomic mass is 9.92. The molecule has 37 heavy (non-hydrogen) atoms. The van der Waals surface area contributed by atoms with Crippen molar-refractivity contribution in [1.82, 2.24) is 15.5 Å². The summed E-state index contributed by atoms with van der Waals surface area (Å²) >= 11 is 0. The van der Waals surface area contributed by atoms with E-state index in [1.807, 2.05) is 54.6 Å². The predicted molar refractivity (Wildman–Crippen MR) is 140 cm³/mol. The molecule has 9 nitrogen and oxygen atoms in total. The Morgan fingerprint density at radius 3 is 2.46 bits per heavy atom. The molecule has 0 spiro atoms. The van der Waals surface area contributed by atoms with Crippen LogP contribution in [0.15, 0.2) is 72.8 Å². The zero-order valence-electron chi connectivity index (χ0n) is 20.7.